The Bertz CT molecular complexity index is 864. The number of rotatable bonds is 6. The zero-order chi connectivity index (χ0) is 20.3. The summed E-state index contributed by atoms with van der Waals surface area (Å²) < 4.78 is 5.42. The van der Waals surface area contributed by atoms with Crippen molar-refractivity contribution in [1.29, 1.82) is 0 Å². The molecule has 1 saturated heterocycles. The minimum Gasteiger partial charge on any atom is -0.460 e. The first-order valence-electron chi connectivity index (χ1n) is 9.41. The maximum absolute atomic E-state index is 12.6. The van der Waals surface area contributed by atoms with Gasteiger partial charge in [-0.2, -0.15) is 0 Å². The Morgan fingerprint density at radius 3 is 2.54 bits per heavy atom. The lowest BCUT2D eigenvalue weighted by Gasteiger charge is -2.23. The molecule has 1 aliphatic heterocycles. The molecule has 1 fully saturated rings. The number of hydrogen-bond acceptors (Lipinski definition) is 3. The summed E-state index contributed by atoms with van der Waals surface area (Å²) in [5, 5.41) is 0.902. The molecule has 0 bridgehead atoms. The van der Waals surface area contributed by atoms with Crippen LogP contribution in [0.3, 0.4) is 0 Å². The van der Waals surface area contributed by atoms with Gasteiger partial charge in [0.25, 0.3) is 0 Å². The molecule has 0 saturated carbocycles. The molecule has 0 aliphatic carbocycles. The highest BCUT2D eigenvalue weighted by Crippen LogP contribution is 2.34. The van der Waals surface area contributed by atoms with Gasteiger partial charge < -0.3 is 9.64 Å². The molecular weight excluding hydrogens is 397 g/mol. The van der Waals surface area contributed by atoms with Crippen molar-refractivity contribution in [1.82, 2.24) is 0 Å². The van der Waals surface area contributed by atoms with Crippen LogP contribution in [-0.4, -0.2) is 18.4 Å². The molecule has 3 rings (SSSR count). The first kappa shape index (κ1) is 20.7. The third kappa shape index (κ3) is 4.34. The highest BCUT2D eigenvalue weighted by Gasteiger charge is 2.37. The first-order valence-corrected chi connectivity index (χ1v) is 10.2. The quantitative estimate of drug-likeness (QED) is 0.572. The van der Waals surface area contributed by atoms with Gasteiger partial charge in [0.2, 0.25) is 5.91 Å². The summed E-state index contributed by atoms with van der Waals surface area (Å²) in [5.41, 5.74) is 2.57. The van der Waals surface area contributed by atoms with Crippen LogP contribution < -0.4 is 4.90 Å². The largest absolute Gasteiger partial charge is 0.460 e. The van der Waals surface area contributed by atoms with Crippen molar-refractivity contribution in [2.75, 3.05) is 11.4 Å². The number of ether oxygens (including phenoxy) is 1. The summed E-state index contributed by atoms with van der Waals surface area (Å²) >= 11 is 12.2. The van der Waals surface area contributed by atoms with Crippen molar-refractivity contribution < 1.29 is 14.3 Å². The van der Waals surface area contributed by atoms with E-state index in [-0.39, 0.29) is 18.9 Å². The number of halogens is 2. The van der Waals surface area contributed by atoms with E-state index in [1.165, 1.54) is 0 Å². The van der Waals surface area contributed by atoms with Crippen molar-refractivity contribution in [2.24, 2.45) is 5.92 Å². The number of para-hydroxylation sites is 1. The minimum atomic E-state index is -0.501. The van der Waals surface area contributed by atoms with Crippen molar-refractivity contribution >= 4 is 40.8 Å². The van der Waals surface area contributed by atoms with Crippen molar-refractivity contribution in [2.45, 2.75) is 39.2 Å². The Hall–Kier alpha value is -2.04. The maximum atomic E-state index is 12.6. The molecule has 28 heavy (non-hydrogen) atoms. The lowest BCUT2D eigenvalue weighted by molar-refractivity contribution is -0.149. The van der Waals surface area contributed by atoms with Gasteiger partial charge in [0.05, 0.1) is 5.92 Å². The van der Waals surface area contributed by atoms with Crippen LogP contribution in [0.1, 0.15) is 43.7 Å². The highest BCUT2D eigenvalue weighted by atomic mass is 35.5. The summed E-state index contributed by atoms with van der Waals surface area (Å²) in [4.78, 5) is 26.9. The van der Waals surface area contributed by atoms with Gasteiger partial charge in [0.15, 0.2) is 0 Å². The number of hydrogen-bond donors (Lipinski definition) is 0. The monoisotopic (exact) mass is 419 g/mol. The molecule has 2 atom stereocenters. The van der Waals surface area contributed by atoms with Gasteiger partial charge in [-0.25, -0.2) is 0 Å². The Kier molecular flexibility index (Phi) is 6.63. The molecule has 148 valence electrons. The number of nitrogens with zero attached hydrogens (tertiary/aromatic N) is 1. The first-order chi connectivity index (χ1) is 13.4. The van der Waals surface area contributed by atoms with E-state index in [4.69, 9.17) is 27.9 Å². The minimum absolute atomic E-state index is 0.00845. The average Bonchev–Trinajstić information content (AvgIpc) is 3.08. The number of amides is 1. The molecular formula is C22H23Cl2NO3. The van der Waals surface area contributed by atoms with Crippen molar-refractivity contribution in [3.63, 3.8) is 0 Å². The fraction of sp³-hybridized carbons (Fsp3) is 0.364. The normalized spacial score (nSPS) is 17.6. The lowest BCUT2D eigenvalue weighted by Crippen LogP contribution is -2.27. The van der Waals surface area contributed by atoms with Gasteiger partial charge in [-0.15, -0.1) is 0 Å². The average molecular weight is 420 g/mol. The predicted molar refractivity (Wildman–Crippen MR) is 112 cm³/mol. The van der Waals surface area contributed by atoms with E-state index < -0.39 is 11.9 Å². The van der Waals surface area contributed by atoms with Gasteiger partial charge >= 0.3 is 5.97 Å². The van der Waals surface area contributed by atoms with Gasteiger partial charge in [0, 0.05) is 34.3 Å². The Morgan fingerprint density at radius 1 is 1.18 bits per heavy atom. The number of anilines is 1. The molecule has 6 heteroatoms. The van der Waals surface area contributed by atoms with Crippen LogP contribution >= 0.6 is 23.2 Å². The van der Waals surface area contributed by atoms with E-state index in [2.05, 4.69) is 13.8 Å². The van der Waals surface area contributed by atoms with E-state index in [9.17, 15) is 9.59 Å². The zero-order valence-electron chi connectivity index (χ0n) is 16.0. The van der Waals surface area contributed by atoms with Gasteiger partial charge in [-0.05, 0) is 36.1 Å². The van der Waals surface area contributed by atoms with Crippen LogP contribution in [0.25, 0.3) is 0 Å². The van der Waals surface area contributed by atoms with Gasteiger partial charge in [-0.1, -0.05) is 61.3 Å². The molecule has 0 aromatic heterocycles. The Labute approximate surface area is 175 Å². The molecule has 0 radical (unpaired) electrons. The molecule has 0 spiro atoms. The van der Waals surface area contributed by atoms with E-state index in [1.807, 2.05) is 24.3 Å². The van der Waals surface area contributed by atoms with Crippen molar-refractivity contribution in [3.8, 4) is 0 Å². The second-order valence-corrected chi connectivity index (χ2v) is 7.90. The zero-order valence-corrected chi connectivity index (χ0v) is 17.5. The lowest BCUT2D eigenvalue weighted by atomic mass is 9.96. The number of esters is 1. The van der Waals surface area contributed by atoms with E-state index in [0.717, 1.165) is 17.7 Å². The highest BCUT2D eigenvalue weighted by molar-refractivity contribution is 6.35. The van der Waals surface area contributed by atoms with Crippen LogP contribution in [0.4, 0.5) is 5.69 Å². The summed E-state index contributed by atoms with van der Waals surface area (Å²) in [5.74, 6) is -0.641. The predicted octanol–water partition coefficient (Wildman–Crippen LogP) is 5.60. The molecule has 0 N–H and O–H groups in total. The molecule has 2 aromatic rings. The van der Waals surface area contributed by atoms with E-state index in [1.54, 1.807) is 23.1 Å². The number of carbonyl (C=O) groups excluding carboxylic acids is 2. The Morgan fingerprint density at radius 2 is 1.86 bits per heavy atom. The molecule has 4 nitrogen and oxygen atoms in total. The summed E-state index contributed by atoms with van der Waals surface area (Å²) in [6.45, 7) is 4.57. The van der Waals surface area contributed by atoms with Crippen LogP contribution in [-0.2, 0) is 20.9 Å². The molecule has 1 amide bonds. The molecule has 1 aliphatic rings. The smallest absolute Gasteiger partial charge is 0.311 e. The van der Waals surface area contributed by atoms with Crippen LogP contribution in [0.5, 0.6) is 0 Å². The van der Waals surface area contributed by atoms with Crippen LogP contribution in [0, 0.1) is 5.92 Å². The molecule has 1 heterocycles. The van der Waals surface area contributed by atoms with E-state index >= 15 is 0 Å². The fourth-order valence-electron chi connectivity index (χ4n) is 3.40. The topological polar surface area (TPSA) is 46.6 Å². The number of benzene rings is 2. The SMILES string of the molecule is CC[C@H](C)c1ccccc1N1C[C@@H](C(=O)OCc2c(Cl)cccc2Cl)CC1=O. The van der Waals surface area contributed by atoms with Crippen LogP contribution in [0.2, 0.25) is 10.0 Å². The second-order valence-electron chi connectivity index (χ2n) is 7.08. The summed E-state index contributed by atoms with van der Waals surface area (Å²) in [6.07, 6.45) is 1.12. The Balaban J connectivity index is 1.70. The van der Waals surface area contributed by atoms with Crippen LogP contribution in [0.15, 0.2) is 42.5 Å². The third-order valence-electron chi connectivity index (χ3n) is 5.25. The van der Waals surface area contributed by atoms with Crippen molar-refractivity contribution in [3.05, 3.63) is 63.6 Å². The summed E-state index contributed by atoms with van der Waals surface area (Å²) in [6, 6.07) is 13.0. The van der Waals surface area contributed by atoms with Gasteiger partial charge in [0.1, 0.15) is 6.61 Å². The standard InChI is InChI=1S/C22H23Cl2NO3/c1-3-14(2)16-7-4-5-10-20(16)25-12-15(11-21(25)26)22(27)28-13-17-18(23)8-6-9-19(17)24/h4-10,14-15H,3,11-13H2,1-2H3/t14-,15-/m0/s1. The second kappa shape index (κ2) is 8.97. The maximum Gasteiger partial charge on any atom is 0.311 e. The summed E-state index contributed by atoms with van der Waals surface area (Å²) in [7, 11) is 0. The molecule has 0 unspecified atom stereocenters. The fourth-order valence-corrected chi connectivity index (χ4v) is 3.91. The van der Waals surface area contributed by atoms with Gasteiger partial charge in [-0.3, -0.25) is 9.59 Å². The third-order valence-corrected chi connectivity index (χ3v) is 5.96. The molecule has 2 aromatic carbocycles. The van der Waals surface area contributed by atoms with E-state index in [0.29, 0.717) is 28.1 Å². The number of carbonyl (C=O) groups is 2.